The van der Waals surface area contributed by atoms with E-state index in [0.717, 1.165) is 0 Å². The maximum absolute atomic E-state index is 12.5. The van der Waals surface area contributed by atoms with E-state index in [1.54, 1.807) is 17.8 Å². The molecule has 0 saturated carbocycles. The van der Waals surface area contributed by atoms with Crippen LogP contribution in [0.3, 0.4) is 0 Å². The highest BCUT2D eigenvalue weighted by Gasteiger charge is 2.41. The van der Waals surface area contributed by atoms with Crippen molar-refractivity contribution in [1.82, 2.24) is 9.55 Å². The zero-order chi connectivity index (χ0) is 13.1. The van der Waals surface area contributed by atoms with Gasteiger partial charge in [0.2, 0.25) is 0 Å². The molecule has 1 aromatic rings. The quantitative estimate of drug-likeness (QED) is 0.780. The fourth-order valence-electron chi connectivity index (χ4n) is 1.19. The molecule has 0 bridgehead atoms. The third-order valence-corrected chi connectivity index (χ3v) is 2.10. The lowest BCUT2D eigenvalue weighted by atomic mass is 10.3. The largest absolute Gasteiger partial charge is 0.373 e. The van der Waals surface area contributed by atoms with Crippen LogP contribution in [-0.4, -0.2) is 35.1 Å². The number of aryl methyl sites for hydroxylation is 1. The van der Waals surface area contributed by atoms with Gasteiger partial charge in [0.15, 0.2) is 0 Å². The molecule has 0 amide bonds. The maximum atomic E-state index is 12.5. The topological polar surface area (TPSA) is 53.1 Å². The molecule has 1 heterocycles. The second-order valence-electron chi connectivity index (χ2n) is 3.58. The summed E-state index contributed by atoms with van der Waals surface area (Å²) in [7, 11) is 1.68. The number of ether oxygens (including phenoxy) is 1. The molecule has 0 aliphatic heterocycles. The molecule has 0 saturated heterocycles. The minimum absolute atomic E-state index is 0.298. The van der Waals surface area contributed by atoms with Crippen molar-refractivity contribution in [2.45, 2.75) is 18.4 Å². The summed E-state index contributed by atoms with van der Waals surface area (Å²) in [6.45, 7) is -1.66. The van der Waals surface area contributed by atoms with Gasteiger partial charge >= 0.3 is 12.3 Å². The van der Waals surface area contributed by atoms with E-state index in [0.29, 0.717) is 5.82 Å². The minimum Gasteiger partial charge on any atom is -0.373 e. The Morgan fingerprint density at radius 3 is 2.65 bits per heavy atom. The van der Waals surface area contributed by atoms with Crippen LogP contribution >= 0.6 is 0 Å². The van der Waals surface area contributed by atoms with E-state index in [4.69, 9.17) is 5.73 Å². The summed E-state index contributed by atoms with van der Waals surface area (Å²) in [5.41, 5.74) is 5.60. The van der Waals surface area contributed by atoms with Gasteiger partial charge in [-0.05, 0) is 0 Å². The van der Waals surface area contributed by atoms with Gasteiger partial charge < -0.3 is 15.0 Å². The molecule has 8 heteroatoms. The van der Waals surface area contributed by atoms with Gasteiger partial charge in [-0.1, -0.05) is 0 Å². The Bertz CT molecular complexity index is 356. The summed E-state index contributed by atoms with van der Waals surface area (Å²) < 4.78 is 54.6. The van der Waals surface area contributed by atoms with Crippen molar-refractivity contribution >= 4 is 0 Å². The highest BCUT2D eigenvalue weighted by atomic mass is 19.3. The smallest absolute Gasteiger partial charge is 0.330 e. The lowest BCUT2D eigenvalue weighted by Gasteiger charge is -2.17. The summed E-state index contributed by atoms with van der Waals surface area (Å²) in [6.07, 6.45) is -0.627. The van der Waals surface area contributed by atoms with E-state index >= 15 is 0 Å². The number of alkyl halides is 4. The molecule has 2 N–H and O–H groups in total. The van der Waals surface area contributed by atoms with Crippen molar-refractivity contribution in [3.05, 3.63) is 18.2 Å². The van der Waals surface area contributed by atoms with Crippen LogP contribution in [0.25, 0.3) is 0 Å². The second-order valence-corrected chi connectivity index (χ2v) is 3.58. The molecular formula is C9H13F4N3O. The summed E-state index contributed by atoms with van der Waals surface area (Å²) in [5.74, 6) is -3.72. The number of aromatic nitrogens is 2. The minimum atomic E-state index is -4.15. The molecule has 0 radical (unpaired) electrons. The lowest BCUT2D eigenvalue weighted by molar-refractivity contribution is -0.166. The zero-order valence-electron chi connectivity index (χ0n) is 9.12. The molecule has 0 fully saturated rings. The fourth-order valence-corrected chi connectivity index (χ4v) is 1.19. The molecule has 98 valence electrons. The lowest BCUT2D eigenvalue weighted by Crippen LogP contribution is -2.34. The second kappa shape index (κ2) is 5.46. The number of hydrogen-bond donors (Lipinski definition) is 1. The van der Waals surface area contributed by atoms with E-state index < -0.39 is 25.0 Å². The Morgan fingerprint density at radius 1 is 1.53 bits per heavy atom. The standard InChI is InChI=1S/C9H13F4N3O/c1-16-3-2-15-7(16)6(14)4-17-5-9(12,13)8(10)11/h2-3,6,8H,4-5,14H2,1H3. The van der Waals surface area contributed by atoms with Crippen molar-refractivity contribution in [2.75, 3.05) is 13.2 Å². The number of imidazole rings is 1. The van der Waals surface area contributed by atoms with Crippen LogP contribution in [0.5, 0.6) is 0 Å². The van der Waals surface area contributed by atoms with Gasteiger partial charge in [0.05, 0.1) is 12.6 Å². The Morgan fingerprint density at radius 2 is 2.18 bits per heavy atom. The Kier molecular flexibility index (Phi) is 4.47. The van der Waals surface area contributed by atoms with Crippen LogP contribution in [0.1, 0.15) is 11.9 Å². The first-order valence-electron chi connectivity index (χ1n) is 4.81. The zero-order valence-corrected chi connectivity index (χ0v) is 9.12. The van der Waals surface area contributed by atoms with Crippen molar-refractivity contribution in [3.63, 3.8) is 0 Å². The SMILES string of the molecule is Cn1ccnc1C(N)COCC(F)(F)C(F)F. The van der Waals surface area contributed by atoms with Gasteiger partial charge in [0, 0.05) is 19.4 Å². The molecule has 1 unspecified atom stereocenters. The van der Waals surface area contributed by atoms with E-state index in [2.05, 4.69) is 9.72 Å². The summed E-state index contributed by atoms with van der Waals surface area (Å²) in [5, 5.41) is 0. The first-order chi connectivity index (χ1) is 7.84. The molecule has 0 aliphatic carbocycles. The molecule has 0 spiro atoms. The molecular weight excluding hydrogens is 242 g/mol. The van der Waals surface area contributed by atoms with Crippen LogP contribution in [-0.2, 0) is 11.8 Å². The van der Waals surface area contributed by atoms with Crippen molar-refractivity contribution in [2.24, 2.45) is 12.8 Å². The molecule has 0 aromatic carbocycles. The molecule has 0 aliphatic rings. The predicted octanol–water partition coefficient (Wildman–Crippen LogP) is 1.34. The summed E-state index contributed by atoms with van der Waals surface area (Å²) in [4.78, 5) is 3.89. The average Bonchev–Trinajstić information content (AvgIpc) is 2.63. The Labute approximate surface area is 95.4 Å². The Balaban J connectivity index is 2.40. The number of nitrogens with two attached hydrogens (primary N) is 1. The number of nitrogens with zero attached hydrogens (tertiary/aromatic N) is 2. The normalized spacial score (nSPS) is 14.3. The number of hydrogen-bond acceptors (Lipinski definition) is 3. The fraction of sp³-hybridized carbons (Fsp3) is 0.667. The van der Waals surface area contributed by atoms with E-state index in [-0.39, 0.29) is 6.61 Å². The van der Waals surface area contributed by atoms with Gasteiger partial charge in [-0.2, -0.15) is 8.78 Å². The van der Waals surface area contributed by atoms with Crippen LogP contribution in [0, 0.1) is 0 Å². The van der Waals surface area contributed by atoms with E-state index in [9.17, 15) is 17.6 Å². The Hall–Kier alpha value is -1.15. The van der Waals surface area contributed by atoms with E-state index in [1.807, 2.05) is 0 Å². The maximum Gasteiger partial charge on any atom is 0.330 e. The first-order valence-corrected chi connectivity index (χ1v) is 4.81. The monoisotopic (exact) mass is 255 g/mol. The van der Waals surface area contributed by atoms with Gasteiger partial charge in [-0.3, -0.25) is 0 Å². The average molecular weight is 255 g/mol. The third-order valence-electron chi connectivity index (χ3n) is 2.10. The van der Waals surface area contributed by atoms with Gasteiger partial charge in [-0.25, -0.2) is 13.8 Å². The highest BCUT2D eigenvalue weighted by molar-refractivity contribution is 4.97. The molecule has 1 atom stereocenters. The number of rotatable bonds is 6. The van der Waals surface area contributed by atoms with Crippen molar-refractivity contribution in [1.29, 1.82) is 0 Å². The van der Waals surface area contributed by atoms with Gasteiger partial charge in [0.25, 0.3) is 0 Å². The van der Waals surface area contributed by atoms with Gasteiger partial charge in [-0.15, -0.1) is 0 Å². The highest BCUT2D eigenvalue weighted by Crippen LogP contribution is 2.23. The van der Waals surface area contributed by atoms with Crippen LogP contribution in [0.4, 0.5) is 17.6 Å². The summed E-state index contributed by atoms with van der Waals surface area (Å²) >= 11 is 0. The van der Waals surface area contributed by atoms with Crippen molar-refractivity contribution in [3.8, 4) is 0 Å². The molecule has 4 nitrogen and oxygen atoms in total. The first kappa shape index (κ1) is 13.9. The third kappa shape index (κ3) is 3.67. The predicted molar refractivity (Wildman–Crippen MR) is 51.9 cm³/mol. The van der Waals surface area contributed by atoms with E-state index in [1.165, 1.54) is 6.20 Å². The van der Waals surface area contributed by atoms with Crippen molar-refractivity contribution < 1.29 is 22.3 Å². The molecule has 17 heavy (non-hydrogen) atoms. The van der Waals surface area contributed by atoms with Crippen LogP contribution in [0.2, 0.25) is 0 Å². The summed E-state index contributed by atoms with van der Waals surface area (Å²) in [6, 6.07) is -0.733. The van der Waals surface area contributed by atoms with Crippen LogP contribution < -0.4 is 5.73 Å². The molecule has 1 aromatic heterocycles. The molecule has 1 rings (SSSR count). The van der Waals surface area contributed by atoms with Crippen LogP contribution in [0.15, 0.2) is 12.4 Å². The van der Waals surface area contributed by atoms with Gasteiger partial charge in [0.1, 0.15) is 12.4 Å². The number of halogens is 4.